The van der Waals surface area contributed by atoms with E-state index in [4.69, 9.17) is 26.8 Å². The lowest BCUT2D eigenvalue weighted by Gasteiger charge is -2.27. The molecule has 0 bridgehead atoms. The molecule has 1 aromatic carbocycles. The van der Waals surface area contributed by atoms with Gasteiger partial charge < -0.3 is 25.4 Å². The first kappa shape index (κ1) is 33.2. The van der Waals surface area contributed by atoms with Gasteiger partial charge in [-0.05, 0) is 43.7 Å². The largest absolute Gasteiger partial charge is 0.442 e. The van der Waals surface area contributed by atoms with E-state index in [1.54, 1.807) is 6.92 Å². The highest BCUT2D eigenvalue weighted by molar-refractivity contribution is 7.18. The molecule has 42 heavy (non-hydrogen) atoms. The quantitative estimate of drug-likeness (QED) is 0.400. The Morgan fingerprint density at radius 1 is 1.24 bits per heavy atom. The Hall–Kier alpha value is -3.30. The molecule has 0 saturated carbocycles. The Balaban J connectivity index is 0.00000484. The average molecular weight is 647 g/mol. The summed E-state index contributed by atoms with van der Waals surface area (Å²) in [6.45, 7) is 1.60. The van der Waals surface area contributed by atoms with Crippen LogP contribution in [0.15, 0.2) is 30.3 Å². The van der Waals surface area contributed by atoms with Crippen molar-refractivity contribution in [1.29, 1.82) is 0 Å². The number of carbonyl (C=O) groups excluding carboxylic acids is 5. The van der Waals surface area contributed by atoms with E-state index in [9.17, 15) is 24.0 Å². The third kappa shape index (κ3) is 7.95. The van der Waals surface area contributed by atoms with Crippen molar-refractivity contribution in [3.63, 3.8) is 0 Å². The lowest BCUT2D eigenvalue weighted by Crippen LogP contribution is -2.44. The molecule has 4 rings (SSSR count). The standard InChI is InChI=1S/C26H29ClFN5O7S.ClH/c1-15(30-22(34)11-29)2-7-23(35)33(25(37)20-5-6-21(27)41-20)13-17-12-32(26(38)40-17)19-4-3-16(10-18(19)28)31-8-9-39-14-24(31)36;/h3-6,10,15,17H,2,7-9,11-14,29H2,1H3,(H,30,34);1H/t15?,17-;/m1./s1. The number of nitrogens with zero attached hydrogens (tertiary/aromatic N) is 3. The van der Waals surface area contributed by atoms with Crippen molar-refractivity contribution in [2.45, 2.75) is 31.9 Å². The molecule has 3 N–H and O–H groups in total. The van der Waals surface area contributed by atoms with Gasteiger partial charge in [0.1, 0.15) is 18.5 Å². The summed E-state index contributed by atoms with van der Waals surface area (Å²) in [6, 6.07) is 6.69. The van der Waals surface area contributed by atoms with E-state index < -0.39 is 29.8 Å². The molecule has 0 spiro atoms. The molecular formula is C26H30Cl2FN5O7S. The third-order valence-corrected chi connectivity index (χ3v) is 7.71. The maximum Gasteiger partial charge on any atom is 0.414 e. The average Bonchev–Trinajstić information content (AvgIpc) is 3.55. The summed E-state index contributed by atoms with van der Waals surface area (Å²) in [7, 11) is 0. The molecule has 2 aliphatic rings. The number of anilines is 2. The molecule has 2 atom stereocenters. The Bertz CT molecular complexity index is 1350. The van der Waals surface area contributed by atoms with Gasteiger partial charge >= 0.3 is 6.09 Å². The minimum Gasteiger partial charge on any atom is -0.442 e. The number of hydrogen-bond acceptors (Lipinski definition) is 9. The number of halogens is 3. The topological polar surface area (TPSA) is 152 Å². The zero-order chi connectivity index (χ0) is 29.7. The molecule has 0 radical (unpaired) electrons. The van der Waals surface area contributed by atoms with E-state index in [0.717, 1.165) is 27.2 Å². The van der Waals surface area contributed by atoms with Crippen LogP contribution in [-0.4, -0.2) is 86.2 Å². The normalized spacial score (nSPS) is 17.4. The summed E-state index contributed by atoms with van der Waals surface area (Å²) in [5.74, 6) is -2.59. The Labute approximate surface area is 256 Å². The van der Waals surface area contributed by atoms with E-state index >= 15 is 4.39 Å². The van der Waals surface area contributed by atoms with Gasteiger partial charge in [-0.15, -0.1) is 23.7 Å². The van der Waals surface area contributed by atoms with Crippen LogP contribution in [0.2, 0.25) is 4.34 Å². The monoisotopic (exact) mass is 645 g/mol. The van der Waals surface area contributed by atoms with Gasteiger partial charge in [0.15, 0.2) is 0 Å². The van der Waals surface area contributed by atoms with Gasteiger partial charge in [-0.2, -0.15) is 0 Å². The summed E-state index contributed by atoms with van der Waals surface area (Å²) in [6.07, 6.45) is -1.64. The zero-order valence-corrected chi connectivity index (χ0v) is 24.9. The van der Waals surface area contributed by atoms with E-state index in [1.807, 2.05) is 0 Å². The lowest BCUT2D eigenvalue weighted by atomic mass is 10.1. The van der Waals surface area contributed by atoms with E-state index in [2.05, 4.69) is 5.32 Å². The fourth-order valence-electron chi connectivity index (χ4n) is 4.43. The molecule has 3 heterocycles. The minimum absolute atomic E-state index is 0. The molecule has 0 aliphatic carbocycles. The minimum atomic E-state index is -0.944. The van der Waals surface area contributed by atoms with Gasteiger partial charge in [0, 0.05) is 24.7 Å². The summed E-state index contributed by atoms with van der Waals surface area (Å²) in [4.78, 5) is 66.5. The first-order valence-corrected chi connectivity index (χ1v) is 14.0. The van der Waals surface area contributed by atoms with Crippen molar-refractivity contribution in [2.75, 3.05) is 49.2 Å². The van der Waals surface area contributed by atoms with Crippen molar-refractivity contribution in [2.24, 2.45) is 5.73 Å². The Morgan fingerprint density at radius 3 is 2.64 bits per heavy atom. The molecule has 1 aromatic heterocycles. The molecule has 12 nitrogen and oxygen atoms in total. The number of nitrogens with one attached hydrogen (secondary N) is 1. The van der Waals surface area contributed by atoms with Crippen LogP contribution in [0.4, 0.5) is 20.6 Å². The number of hydrogen-bond donors (Lipinski definition) is 2. The number of imide groups is 1. The highest BCUT2D eigenvalue weighted by atomic mass is 35.5. The van der Waals surface area contributed by atoms with Crippen LogP contribution in [0, 0.1) is 5.82 Å². The molecule has 2 aromatic rings. The second-order valence-electron chi connectivity index (χ2n) is 9.47. The van der Waals surface area contributed by atoms with E-state index in [1.165, 1.54) is 29.2 Å². The predicted octanol–water partition coefficient (Wildman–Crippen LogP) is 2.56. The van der Waals surface area contributed by atoms with E-state index in [-0.39, 0.29) is 86.5 Å². The van der Waals surface area contributed by atoms with Crippen molar-refractivity contribution in [3.8, 4) is 0 Å². The van der Waals surface area contributed by atoms with E-state index in [0.29, 0.717) is 16.6 Å². The first-order valence-electron chi connectivity index (χ1n) is 12.8. The summed E-state index contributed by atoms with van der Waals surface area (Å²) >= 11 is 6.98. The van der Waals surface area contributed by atoms with Crippen molar-refractivity contribution < 1.29 is 37.8 Å². The molecule has 16 heteroatoms. The third-order valence-electron chi connectivity index (χ3n) is 6.49. The lowest BCUT2D eigenvalue weighted by molar-refractivity contribution is -0.130. The SMILES string of the molecule is CC(CCC(=O)N(C[C@H]1CN(c2ccc(N3CCOCC3=O)cc2F)C(=O)O1)C(=O)c1ccc(Cl)s1)NC(=O)CN.Cl. The maximum atomic E-state index is 15.1. The second kappa shape index (κ2) is 14.7. The molecule has 2 fully saturated rings. The highest BCUT2D eigenvalue weighted by Gasteiger charge is 2.38. The summed E-state index contributed by atoms with van der Waals surface area (Å²) in [5, 5.41) is 2.65. The summed E-state index contributed by atoms with van der Waals surface area (Å²) in [5.41, 5.74) is 5.57. The Kier molecular flexibility index (Phi) is 11.7. The molecule has 228 valence electrons. The van der Waals surface area contributed by atoms with Gasteiger partial charge in [0.2, 0.25) is 11.8 Å². The predicted molar refractivity (Wildman–Crippen MR) is 156 cm³/mol. The van der Waals surface area contributed by atoms with Crippen molar-refractivity contribution in [3.05, 3.63) is 45.4 Å². The number of carbonyl (C=O) groups is 5. The number of morpholine rings is 1. The van der Waals surface area contributed by atoms with Crippen molar-refractivity contribution >= 4 is 76.4 Å². The van der Waals surface area contributed by atoms with Gasteiger partial charge in [-0.1, -0.05) is 11.6 Å². The number of ether oxygens (including phenoxy) is 2. The molecule has 2 aliphatic heterocycles. The zero-order valence-electron chi connectivity index (χ0n) is 22.5. The van der Waals surface area contributed by atoms with Crippen LogP contribution in [0.5, 0.6) is 0 Å². The smallest absolute Gasteiger partial charge is 0.414 e. The maximum absolute atomic E-state index is 15.1. The summed E-state index contributed by atoms with van der Waals surface area (Å²) < 4.78 is 26.0. The van der Waals surface area contributed by atoms with Gasteiger partial charge in [0.25, 0.3) is 11.8 Å². The number of rotatable bonds is 10. The van der Waals surface area contributed by atoms with Crippen molar-refractivity contribution in [1.82, 2.24) is 10.2 Å². The second-order valence-corrected chi connectivity index (χ2v) is 11.2. The van der Waals surface area contributed by atoms with Gasteiger partial charge in [-0.25, -0.2) is 9.18 Å². The first-order chi connectivity index (χ1) is 19.6. The fourth-order valence-corrected chi connectivity index (χ4v) is 5.42. The Morgan fingerprint density at radius 2 is 2.00 bits per heavy atom. The van der Waals surface area contributed by atoms with Crippen LogP contribution >= 0.6 is 35.3 Å². The number of amides is 5. The van der Waals surface area contributed by atoms with Crippen LogP contribution in [-0.2, 0) is 23.9 Å². The van der Waals surface area contributed by atoms with Crippen LogP contribution in [0.25, 0.3) is 0 Å². The molecule has 1 unspecified atom stereocenters. The van der Waals surface area contributed by atoms with Crippen LogP contribution in [0.3, 0.4) is 0 Å². The number of thiophene rings is 1. The van der Waals surface area contributed by atoms with Gasteiger partial charge in [0.05, 0.1) is 41.1 Å². The number of nitrogens with two attached hydrogens (primary N) is 1. The fraction of sp³-hybridized carbons (Fsp3) is 0.423. The molecule has 5 amide bonds. The molecular weight excluding hydrogens is 616 g/mol. The molecule has 2 saturated heterocycles. The highest BCUT2D eigenvalue weighted by Crippen LogP contribution is 2.30. The van der Waals surface area contributed by atoms with Crippen LogP contribution < -0.4 is 20.9 Å². The number of benzene rings is 1. The van der Waals surface area contributed by atoms with Gasteiger partial charge in [-0.3, -0.25) is 29.0 Å². The van der Waals surface area contributed by atoms with Crippen LogP contribution in [0.1, 0.15) is 29.4 Å². The number of cyclic esters (lactones) is 1.